The highest BCUT2D eigenvalue weighted by atomic mass is 16.5. The smallest absolute Gasteiger partial charge is 0.245 e. The number of rotatable bonds is 3. The molecule has 2 fully saturated rings. The third-order valence-electron chi connectivity index (χ3n) is 4.11. The van der Waals surface area contributed by atoms with E-state index in [2.05, 4.69) is 5.32 Å². The van der Waals surface area contributed by atoms with E-state index in [1.165, 1.54) is 0 Å². The highest BCUT2D eigenvalue weighted by Gasteiger charge is 2.44. The number of hydrogen-bond acceptors (Lipinski definition) is 3. The molecule has 114 valence electrons. The Morgan fingerprint density at radius 1 is 1.35 bits per heavy atom. The van der Waals surface area contributed by atoms with Gasteiger partial charge in [0.2, 0.25) is 11.8 Å². The van der Waals surface area contributed by atoms with Crippen molar-refractivity contribution in [2.75, 3.05) is 13.2 Å². The van der Waals surface area contributed by atoms with Gasteiger partial charge in [0.25, 0.3) is 0 Å². The number of nitrogens with zero attached hydrogens (tertiary/aromatic N) is 1. The number of ether oxygens (including phenoxy) is 1. The van der Waals surface area contributed by atoms with Crippen molar-refractivity contribution in [3.05, 3.63) is 0 Å². The van der Waals surface area contributed by atoms with Gasteiger partial charge in [-0.1, -0.05) is 20.8 Å². The monoisotopic (exact) mass is 282 g/mol. The molecule has 2 aliphatic heterocycles. The summed E-state index contributed by atoms with van der Waals surface area (Å²) >= 11 is 0. The van der Waals surface area contributed by atoms with Crippen LogP contribution in [-0.4, -0.2) is 48.1 Å². The Labute approximate surface area is 121 Å². The number of nitrogens with one attached hydrogen (secondary N) is 1. The zero-order valence-electron chi connectivity index (χ0n) is 12.9. The van der Waals surface area contributed by atoms with Gasteiger partial charge in [0, 0.05) is 13.2 Å². The molecule has 5 nitrogen and oxygen atoms in total. The SMILES string of the molecule is CC1NC(=O)C(C(C)(C)C)N(CCC2CCCO2)C1=O. The lowest BCUT2D eigenvalue weighted by Crippen LogP contribution is -2.66. The van der Waals surface area contributed by atoms with Crippen molar-refractivity contribution in [1.29, 1.82) is 0 Å². The Morgan fingerprint density at radius 2 is 2.05 bits per heavy atom. The van der Waals surface area contributed by atoms with Crippen LogP contribution in [0.3, 0.4) is 0 Å². The minimum Gasteiger partial charge on any atom is -0.378 e. The molecule has 5 heteroatoms. The quantitative estimate of drug-likeness (QED) is 0.849. The molecule has 0 aromatic carbocycles. The van der Waals surface area contributed by atoms with Crippen molar-refractivity contribution in [3.63, 3.8) is 0 Å². The van der Waals surface area contributed by atoms with E-state index in [0.717, 1.165) is 25.9 Å². The molecule has 0 aromatic rings. The maximum Gasteiger partial charge on any atom is 0.245 e. The Morgan fingerprint density at radius 3 is 2.60 bits per heavy atom. The second-order valence-corrected chi connectivity index (χ2v) is 6.95. The van der Waals surface area contributed by atoms with E-state index in [4.69, 9.17) is 4.74 Å². The van der Waals surface area contributed by atoms with Crippen LogP contribution < -0.4 is 5.32 Å². The molecule has 2 heterocycles. The van der Waals surface area contributed by atoms with E-state index in [1.807, 2.05) is 20.8 Å². The zero-order chi connectivity index (χ0) is 14.9. The molecule has 2 amide bonds. The van der Waals surface area contributed by atoms with Crippen LogP contribution >= 0.6 is 0 Å². The summed E-state index contributed by atoms with van der Waals surface area (Å²) in [6.07, 6.45) is 3.21. The van der Waals surface area contributed by atoms with E-state index < -0.39 is 12.1 Å². The number of carbonyl (C=O) groups excluding carboxylic acids is 2. The average molecular weight is 282 g/mol. The molecule has 3 atom stereocenters. The van der Waals surface area contributed by atoms with Gasteiger partial charge >= 0.3 is 0 Å². The Balaban J connectivity index is 2.09. The zero-order valence-corrected chi connectivity index (χ0v) is 12.9. The third-order valence-corrected chi connectivity index (χ3v) is 4.11. The summed E-state index contributed by atoms with van der Waals surface area (Å²) in [6.45, 7) is 9.17. The predicted molar refractivity (Wildman–Crippen MR) is 76.2 cm³/mol. The van der Waals surface area contributed by atoms with E-state index in [9.17, 15) is 9.59 Å². The molecule has 0 saturated carbocycles. The van der Waals surface area contributed by atoms with Gasteiger partial charge in [-0.05, 0) is 31.6 Å². The second-order valence-electron chi connectivity index (χ2n) is 6.95. The molecule has 0 aromatic heterocycles. The van der Waals surface area contributed by atoms with Gasteiger partial charge in [-0.2, -0.15) is 0 Å². The fourth-order valence-corrected chi connectivity index (χ4v) is 3.13. The molecule has 0 aliphatic carbocycles. The van der Waals surface area contributed by atoms with E-state index in [1.54, 1.807) is 11.8 Å². The van der Waals surface area contributed by atoms with E-state index in [-0.39, 0.29) is 23.3 Å². The van der Waals surface area contributed by atoms with Crippen LogP contribution in [-0.2, 0) is 14.3 Å². The number of hydrogen-bond donors (Lipinski definition) is 1. The van der Waals surface area contributed by atoms with Gasteiger partial charge in [0.05, 0.1) is 6.10 Å². The largest absolute Gasteiger partial charge is 0.378 e. The number of carbonyl (C=O) groups is 2. The molecule has 2 saturated heterocycles. The first-order valence-corrected chi connectivity index (χ1v) is 7.53. The fourth-order valence-electron chi connectivity index (χ4n) is 3.13. The maximum absolute atomic E-state index is 12.4. The molecule has 0 radical (unpaired) electrons. The van der Waals surface area contributed by atoms with Crippen LogP contribution in [0.4, 0.5) is 0 Å². The minimum absolute atomic E-state index is 0.0162. The lowest BCUT2D eigenvalue weighted by molar-refractivity contribution is -0.153. The Kier molecular flexibility index (Phi) is 4.37. The molecule has 0 bridgehead atoms. The molecule has 0 spiro atoms. The summed E-state index contributed by atoms with van der Waals surface area (Å²) < 4.78 is 5.62. The van der Waals surface area contributed by atoms with Crippen molar-refractivity contribution in [2.24, 2.45) is 5.41 Å². The number of piperazine rings is 1. The van der Waals surface area contributed by atoms with Crippen molar-refractivity contribution in [2.45, 2.75) is 65.1 Å². The van der Waals surface area contributed by atoms with Crippen LogP contribution in [0.1, 0.15) is 47.0 Å². The fraction of sp³-hybridized carbons (Fsp3) is 0.867. The van der Waals surface area contributed by atoms with Crippen LogP contribution in [0, 0.1) is 5.41 Å². The van der Waals surface area contributed by atoms with Crippen LogP contribution in [0.15, 0.2) is 0 Å². The Bertz CT molecular complexity index is 383. The van der Waals surface area contributed by atoms with Crippen molar-refractivity contribution >= 4 is 11.8 Å². The van der Waals surface area contributed by atoms with Crippen LogP contribution in [0.2, 0.25) is 0 Å². The van der Waals surface area contributed by atoms with Gasteiger partial charge < -0.3 is 15.0 Å². The summed E-state index contributed by atoms with van der Waals surface area (Å²) in [7, 11) is 0. The third kappa shape index (κ3) is 3.14. The highest BCUT2D eigenvalue weighted by molar-refractivity contribution is 5.97. The standard InChI is InChI=1S/C15H26N2O3/c1-10-14(19)17(8-7-11-6-5-9-20-11)12(13(18)16-10)15(2,3)4/h10-12H,5-9H2,1-4H3,(H,16,18). The lowest BCUT2D eigenvalue weighted by atomic mass is 9.83. The van der Waals surface area contributed by atoms with Gasteiger partial charge in [0.15, 0.2) is 0 Å². The van der Waals surface area contributed by atoms with Crippen molar-refractivity contribution in [3.8, 4) is 0 Å². The van der Waals surface area contributed by atoms with Gasteiger partial charge in [-0.25, -0.2) is 0 Å². The Hall–Kier alpha value is -1.10. The van der Waals surface area contributed by atoms with Gasteiger partial charge in [-0.15, -0.1) is 0 Å². The van der Waals surface area contributed by atoms with Crippen LogP contribution in [0.5, 0.6) is 0 Å². The average Bonchev–Trinajstić information content (AvgIpc) is 2.83. The summed E-state index contributed by atoms with van der Waals surface area (Å²) in [5.74, 6) is -0.0283. The van der Waals surface area contributed by atoms with Gasteiger partial charge in [-0.3, -0.25) is 9.59 Å². The molecule has 2 rings (SSSR count). The normalized spacial score (nSPS) is 31.6. The summed E-state index contributed by atoms with van der Waals surface area (Å²) in [4.78, 5) is 26.4. The highest BCUT2D eigenvalue weighted by Crippen LogP contribution is 2.28. The van der Waals surface area contributed by atoms with E-state index in [0.29, 0.717) is 6.54 Å². The first kappa shape index (κ1) is 15.3. The summed E-state index contributed by atoms with van der Waals surface area (Å²) in [5.41, 5.74) is -0.267. The first-order chi connectivity index (χ1) is 9.30. The molecular formula is C15H26N2O3. The van der Waals surface area contributed by atoms with Crippen molar-refractivity contribution in [1.82, 2.24) is 10.2 Å². The predicted octanol–water partition coefficient (Wildman–Crippen LogP) is 1.32. The van der Waals surface area contributed by atoms with Gasteiger partial charge in [0.1, 0.15) is 12.1 Å². The topological polar surface area (TPSA) is 58.6 Å². The molecule has 20 heavy (non-hydrogen) atoms. The summed E-state index contributed by atoms with van der Waals surface area (Å²) in [6, 6.07) is -0.821. The minimum atomic E-state index is -0.425. The molecule has 3 unspecified atom stereocenters. The molecule has 1 N–H and O–H groups in total. The maximum atomic E-state index is 12.4. The van der Waals surface area contributed by atoms with E-state index >= 15 is 0 Å². The van der Waals surface area contributed by atoms with Crippen LogP contribution in [0.25, 0.3) is 0 Å². The molecule has 2 aliphatic rings. The molecular weight excluding hydrogens is 256 g/mol. The van der Waals surface area contributed by atoms with Crippen molar-refractivity contribution < 1.29 is 14.3 Å². The lowest BCUT2D eigenvalue weighted by Gasteiger charge is -2.44. The first-order valence-electron chi connectivity index (χ1n) is 7.53. The summed E-state index contributed by atoms with van der Waals surface area (Å²) in [5, 5.41) is 2.78. The second kappa shape index (κ2) is 5.72. The number of amides is 2.